The average Bonchev–Trinajstić information content (AvgIpc) is 3.15. The Balaban J connectivity index is 1.51. The lowest BCUT2D eigenvalue weighted by Crippen LogP contribution is -2.28. The molecule has 0 saturated heterocycles. The molecule has 1 N–H and O–H groups in total. The Morgan fingerprint density at radius 3 is 2.52 bits per heavy atom. The maximum Gasteiger partial charge on any atom is 0.277 e. The SMILES string of the molecule is CC(C)Cc1ccc([C@@H](C)NC(=O)CSc2nnc(-c3ccccc3F)o2)cc1. The lowest BCUT2D eigenvalue weighted by atomic mass is 10.00. The van der Waals surface area contributed by atoms with Crippen LogP contribution in [0.2, 0.25) is 0 Å². The molecule has 0 bridgehead atoms. The minimum atomic E-state index is -0.432. The van der Waals surface area contributed by atoms with Crippen LogP contribution in [-0.2, 0) is 11.2 Å². The molecule has 0 fully saturated rings. The molecule has 1 aromatic heterocycles. The minimum Gasteiger partial charge on any atom is -0.411 e. The van der Waals surface area contributed by atoms with Gasteiger partial charge >= 0.3 is 0 Å². The van der Waals surface area contributed by atoms with E-state index in [4.69, 9.17) is 4.42 Å². The van der Waals surface area contributed by atoms with E-state index in [1.807, 2.05) is 6.92 Å². The third-order valence-corrected chi connectivity index (χ3v) is 5.16. The summed E-state index contributed by atoms with van der Waals surface area (Å²) in [6.07, 6.45) is 1.04. The highest BCUT2D eigenvalue weighted by Gasteiger charge is 2.15. The first-order chi connectivity index (χ1) is 13.9. The molecule has 0 unspecified atom stereocenters. The van der Waals surface area contributed by atoms with Gasteiger partial charge in [-0.25, -0.2) is 4.39 Å². The second-order valence-corrected chi connectivity index (χ2v) is 8.20. The van der Waals surface area contributed by atoms with Gasteiger partial charge in [-0.1, -0.05) is 62.0 Å². The number of aromatic nitrogens is 2. The number of thioether (sulfide) groups is 1. The van der Waals surface area contributed by atoms with Gasteiger partial charge in [0, 0.05) is 0 Å². The van der Waals surface area contributed by atoms with Crippen LogP contribution in [0.4, 0.5) is 4.39 Å². The number of hydrogen-bond acceptors (Lipinski definition) is 5. The number of hydrogen-bond donors (Lipinski definition) is 1. The molecule has 7 heteroatoms. The Morgan fingerprint density at radius 2 is 1.83 bits per heavy atom. The number of carbonyl (C=O) groups excluding carboxylic acids is 1. The molecule has 0 aliphatic carbocycles. The fraction of sp³-hybridized carbons (Fsp3) is 0.318. The molecule has 1 atom stereocenters. The average molecular weight is 414 g/mol. The zero-order valence-corrected chi connectivity index (χ0v) is 17.5. The smallest absolute Gasteiger partial charge is 0.277 e. The quantitative estimate of drug-likeness (QED) is 0.524. The second-order valence-electron chi connectivity index (χ2n) is 7.27. The van der Waals surface area contributed by atoms with E-state index in [-0.39, 0.29) is 34.4 Å². The summed E-state index contributed by atoms with van der Waals surface area (Å²) in [5.74, 6) is 0.270. The number of benzene rings is 2. The first-order valence-corrected chi connectivity index (χ1v) is 10.5. The Labute approximate surface area is 174 Å². The van der Waals surface area contributed by atoms with Crippen LogP contribution in [-0.4, -0.2) is 21.9 Å². The normalized spacial score (nSPS) is 12.2. The zero-order chi connectivity index (χ0) is 20.8. The highest BCUT2D eigenvalue weighted by atomic mass is 32.2. The Morgan fingerprint density at radius 1 is 1.10 bits per heavy atom. The number of halogens is 1. The Kier molecular flexibility index (Phi) is 7.04. The third kappa shape index (κ3) is 5.90. The van der Waals surface area contributed by atoms with Crippen molar-refractivity contribution in [3.05, 3.63) is 65.5 Å². The van der Waals surface area contributed by atoms with E-state index < -0.39 is 5.82 Å². The molecule has 2 aromatic carbocycles. The van der Waals surface area contributed by atoms with Crippen molar-refractivity contribution in [1.82, 2.24) is 15.5 Å². The summed E-state index contributed by atoms with van der Waals surface area (Å²) in [7, 11) is 0. The van der Waals surface area contributed by atoms with Crippen LogP contribution in [0.15, 0.2) is 58.2 Å². The van der Waals surface area contributed by atoms with Gasteiger partial charge in [0.1, 0.15) is 5.82 Å². The van der Waals surface area contributed by atoms with Gasteiger partial charge in [0.2, 0.25) is 5.91 Å². The van der Waals surface area contributed by atoms with Crippen LogP contribution in [0.5, 0.6) is 0 Å². The third-order valence-electron chi connectivity index (χ3n) is 4.34. The molecule has 0 aliphatic heterocycles. The van der Waals surface area contributed by atoms with Crippen molar-refractivity contribution in [2.45, 2.75) is 38.5 Å². The van der Waals surface area contributed by atoms with Crippen LogP contribution in [0.25, 0.3) is 11.5 Å². The van der Waals surface area contributed by atoms with E-state index in [9.17, 15) is 9.18 Å². The zero-order valence-electron chi connectivity index (χ0n) is 16.7. The van der Waals surface area contributed by atoms with E-state index in [1.165, 1.54) is 11.6 Å². The molecule has 5 nitrogen and oxygen atoms in total. The summed E-state index contributed by atoms with van der Waals surface area (Å²) in [5, 5.41) is 10.9. The number of amides is 1. The molecule has 0 saturated carbocycles. The van der Waals surface area contributed by atoms with Crippen molar-refractivity contribution >= 4 is 17.7 Å². The number of rotatable bonds is 8. The topological polar surface area (TPSA) is 68.0 Å². The molecule has 3 aromatic rings. The standard InChI is InChI=1S/C22H24FN3O2S/c1-14(2)12-16-8-10-17(11-9-16)15(3)24-20(27)13-29-22-26-25-21(28-22)18-6-4-5-7-19(18)23/h4-11,14-15H,12-13H2,1-3H3,(H,24,27)/t15-/m1/s1. The molecule has 0 spiro atoms. The van der Waals surface area contributed by atoms with Gasteiger partial charge < -0.3 is 9.73 Å². The van der Waals surface area contributed by atoms with Crippen LogP contribution in [0.3, 0.4) is 0 Å². The molecule has 0 aliphatic rings. The van der Waals surface area contributed by atoms with Crippen molar-refractivity contribution in [1.29, 1.82) is 0 Å². The van der Waals surface area contributed by atoms with Gasteiger partial charge in [-0.3, -0.25) is 4.79 Å². The fourth-order valence-corrected chi connectivity index (χ4v) is 3.49. The van der Waals surface area contributed by atoms with Crippen molar-refractivity contribution in [3.63, 3.8) is 0 Å². The van der Waals surface area contributed by atoms with E-state index in [0.29, 0.717) is 5.92 Å². The minimum absolute atomic E-state index is 0.0980. The van der Waals surface area contributed by atoms with Crippen LogP contribution in [0.1, 0.15) is 37.9 Å². The number of carbonyl (C=O) groups is 1. The lowest BCUT2D eigenvalue weighted by molar-refractivity contribution is -0.119. The summed E-state index contributed by atoms with van der Waals surface area (Å²) in [6, 6.07) is 14.4. The predicted molar refractivity (Wildman–Crippen MR) is 112 cm³/mol. The molecule has 0 radical (unpaired) electrons. The summed E-state index contributed by atoms with van der Waals surface area (Å²) >= 11 is 1.12. The van der Waals surface area contributed by atoms with Crippen molar-refractivity contribution in [3.8, 4) is 11.5 Å². The van der Waals surface area contributed by atoms with Crippen LogP contribution < -0.4 is 5.32 Å². The molecule has 29 heavy (non-hydrogen) atoms. The highest BCUT2D eigenvalue weighted by Crippen LogP contribution is 2.25. The highest BCUT2D eigenvalue weighted by molar-refractivity contribution is 7.99. The van der Waals surface area contributed by atoms with Crippen LogP contribution >= 0.6 is 11.8 Å². The first-order valence-electron chi connectivity index (χ1n) is 9.51. The first kappa shape index (κ1) is 21.0. The van der Waals surface area contributed by atoms with E-state index >= 15 is 0 Å². The monoisotopic (exact) mass is 413 g/mol. The maximum atomic E-state index is 13.8. The van der Waals surface area contributed by atoms with Gasteiger partial charge in [-0.2, -0.15) is 0 Å². The van der Waals surface area contributed by atoms with Gasteiger partial charge in [-0.15, -0.1) is 10.2 Å². The molecular weight excluding hydrogens is 389 g/mol. The molecule has 1 heterocycles. The summed E-state index contributed by atoms with van der Waals surface area (Å²) in [6.45, 7) is 6.33. The Hall–Kier alpha value is -2.67. The summed E-state index contributed by atoms with van der Waals surface area (Å²) in [5.41, 5.74) is 2.58. The predicted octanol–water partition coefficient (Wildman–Crippen LogP) is 5.04. The molecule has 1 amide bonds. The van der Waals surface area contributed by atoms with Crippen LogP contribution in [0, 0.1) is 11.7 Å². The maximum absolute atomic E-state index is 13.8. The fourth-order valence-electron chi connectivity index (χ4n) is 2.92. The van der Waals surface area contributed by atoms with E-state index in [1.54, 1.807) is 18.2 Å². The second kappa shape index (κ2) is 9.69. The number of nitrogens with zero attached hydrogens (tertiary/aromatic N) is 2. The summed E-state index contributed by atoms with van der Waals surface area (Å²) < 4.78 is 19.2. The van der Waals surface area contributed by atoms with Crippen molar-refractivity contribution in [2.24, 2.45) is 5.92 Å². The van der Waals surface area contributed by atoms with Gasteiger partial charge in [0.05, 0.1) is 17.4 Å². The van der Waals surface area contributed by atoms with E-state index in [0.717, 1.165) is 23.7 Å². The van der Waals surface area contributed by atoms with Gasteiger partial charge in [-0.05, 0) is 42.5 Å². The molecule has 152 valence electrons. The number of nitrogens with one attached hydrogen (secondary N) is 1. The van der Waals surface area contributed by atoms with Gasteiger partial charge in [0.25, 0.3) is 11.1 Å². The largest absolute Gasteiger partial charge is 0.411 e. The molecule has 3 rings (SSSR count). The van der Waals surface area contributed by atoms with Gasteiger partial charge in [0.15, 0.2) is 0 Å². The van der Waals surface area contributed by atoms with Crippen molar-refractivity contribution in [2.75, 3.05) is 5.75 Å². The Bertz CT molecular complexity index is 957. The molecular formula is C22H24FN3O2S. The summed E-state index contributed by atoms with van der Waals surface area (Å²) in [4.78, 5) is 12.3. The van der Waals surface area contributed by atoms with E-state index in [2.05, 4.69) is 53.6 Å². The van der Waals surface area contributed by atoms with Crippen molar-refractivity contribution < 1.29 is 13.6 Å². The lowest BCUT2D eigenvalue weighted by Gasteiger charge is -2.15.